The van der Waals surface area contributed by atoms with Crippen LogP contribution >= 0.6 is 15.9 Å². The molecule has 1 aliphatic rings. The van der Waals surface area contributed by atoms with E-state index in [1.807, 2.05) is 13.0 Å². The van der Waals surface area contributed by atoms with E-state index < -0.39 is 4.92 Å². The van der Waals surface area contributed by atoms with Gasteiger partial charge in [-0.25, -0.2) is 0 Å². The Balaban J connectivity index is 2.46. The molecule has 0 amide bonds. The molecule has 5 heteroatoms. The Bertz CT molecular complexity index is 401. The van der Waals surface area contributed by atoms with Crippen LogP contribution in [0.3, 0.4) is 0 Å². The molecule has 0 N–H and O–H groups in total. The largest absolute Gasteiger partial charge is 0.365 e. The summed E-state index contributed by atoms with van der Waals surface area (Å²) in [5.74, 6) is 0. The smallest absolute Gasteiger partial charge is 0.283 e. The lowest BCUT2D eigenvalue weighted by atomic mass is 10.0. The molecule has 0 bridgehead atoms. The van der Waals surface area contributed by atoms with Crippen molar-refractivity contribution in [3.8, 4) is 0 Å². The van der Waals surface area contributed by atoms with Crippen molar-refractivity contribution in [3.63, 3.8) is 0 Å². The van der Waals surface area contributed by atoms with Gasteiger partial charge in [0, 0.05) is 6.07 Å². The molecule has 0 aromatic heterocycles. The van der Waals surface area contributed by atoms with Crippen LogP contribution in [-0.4, -0.2) is 11.5 Å². The van der Waals surface area contributed by atoms with Gasteiger partial charge in [0.2, 0.25) is 0 Å². The molecule has 1 fully saturated rings. The number of rotatable bonds is 2. The number of nitro groups is 1. The summed E-state index contributed by atoms with van der Waals surface area (Å²) in [5.41, 5.74) is 0.623. The van der Waals surface area contributed by atoms with Crippen LogP contribution in [0.25, 0.3) is 0 Å². The Labute approximate surface area is 89.2 Å². The van der Waals surface area contributed by atoms with Crippen molar-refractivity contribution in [1.29, 1.82) is 0 Å². The molecule has 1 heterocycles. The molecule has 1 aliphatic heterocycles. The maximum atomic E-state index is 10.7. The van der Waals surface area contributed by atoms with Crippen molar-refractivity contribution in [2.24, 2.45) is 0 Å². The molecule has 1 unspecified atom stereocenters. The second kappa shape index (κ2) is 3.03. The van der Waals surface area contributed by atoms with Gasteiger partial charge < -0.3 is 4.74 Å². The Morgan fingerprint density at radius 2 is 2.29 bits per heavy atom. The Hall–Kier alpha value is -0.940. The van der Waals surface area contributed by atoms with Crippen molar-refractivity contribution in [3.05, 3.63) is 38.3 Å². The predicted molar refractivity (Wildman–Crippen MR) is 54.1 cm³/mol. The molecular formula is C9H8BrNO3. The van der Waals surface area contributed by atoms with Gasteiger partial charge in [-0.3, -0.25) is 10.1 Å². The number of nitro benzene ring substituents is 1. The molecule has 0 saturated carbocycles. The third kappa shape index (κ3) is 1.53. The van der Waals surface area contributed by atoms with Crippen LogP contribution in [0.4, 0.5) is 5.69 Å². The van der Waals surface area contributed by atoms with Crippen molar-refractivity contribution in [2.45, 2.75) is 12.5 Å². The maximum absolute atomic E-state index is 10.7. The monoisotopic (exact) mass is 257 g/mol. The standard InChI is InChI=1S/C9H8BrNO3/c1-9(5-14-9)6-2-3-7(10)8(4-6)11(12)13/h2-4H,5H2,1H3. The van der Waals surface area contributed by atoms with Crippen LogP contribution in [0, 0.1) is 10.1 Å². The van der Waals surface area contributed by atoms with Gasteiger partial charge in [-0.15, -0.1) is 0 Å². The second-order valence-corrected chi connectivity index (χ2v) is 4.30. The van der Waals surface area contributed by atoms with Crippen molar-refractivity contribution in [1.82, 2.24) is 0 Å². The summed E-state index contributed by atoms with van der Waals surface area (Å²) >= 11 is 3.14. The van der Waals surface area contributed by atoms with Crippen molar-refractivity contribution < 1.29 is 9.66 Å². The van der Waals surface area contributed by atoms with E-state index in [1.54, 1.807) is 12.1 Å². The van der Waals surface area contributed by atoms with Gasteiger partial charge in [0.15, 0.2) is 0 Å². The normalized spacial score (nSPS) is 24.7. The molecule has 1 atom stereocenters. The number of benzene rings is 1. The van der Waals surface area contributed by atoms with Gasteiger partial charge >= 0.3 is 0 Å². The fourth-order valence-corrected chi connectivity index (χ4v) is 1.65. The van der Waals surface area contributed by atoms with Gasteiger partial charge in [0.1, 0.15) is 5.60 Å². The van der Waals surface area contributed by atoms with E-state index in [9.17, 15) is 10.1 Å². The van der Waals surface area contributed by atoms with Gasteiger partial charge in [0.25, 0.3) is 5.69 Å². The highest BCUT2D eigenvalue weighted by Gasteiger charge is 2.42. The van der Waals surface area contributed by atoms with E-state index >= 15 is 0 Å². The minimum atomic E-state index is -0.403. The zero-order valence-corrected chi connectivity index (χ0v) is 9.08. The lowest BCUT2D eigenvalue weighted by Gasteiger charge is -2.05. The fourth-order valence-electron chi connectivity index (χ4n) is 1.26. The number of nitrogens with zero attached hydrogens (tertiary/aromatic N) is 1. The molecule has 0 radical (unpaired) electrons. The van der Waals surface area contributed by atoms with Crippen molar-refractivity contribution >= 4 is 21.6 Å². The highest BCUT2D eigenvalue weighted by Crippen LogP contribution is 2.40. The van der Waals surface area contributed by atoms with Crippen LogP contribution in [0.2, 0.25) is 0 Å². The predicted octanol–water partition coefficient (Wildman–Crippen LogP) is 2.60. The first kappa shape index (κ1) is 9.61. The Morgan fingerprint density at radius 3 is 2.79 bits per heavy atom. The van der Waals surface area contributed by atoms with E-state index in [0.717, 1.165) is 5.56 Å². The number of hydrogen-bond acceptors (Lipinski definition) is 3. The summed E-state index contributed by atoms with van der Waals surface area (Å²) < 4.78 is 5.71. The minimum absolute atomic E-state index is 0.0826. The molecule has 1 aromatic carbocycles. The molecule has 1 aromatic rings. The van der Waals surface area contributed by atoms with Crippen LogP contribution in [0.15, 0.2) is 22.7 Å². The topological polar surface area (TPSA) is 55.7 Å². The summed E-state index contributed by atoms with van der Waals surface area (Å²) in [6.45, 7) is 2.55. The van der Waals surface area contributed by atoms with Gasteiger partial charge in [-0.2, -0.15) is 0 Å². The average molecular weight is 258 g/mol. The third-order valence-electron chi connectivity index (χ3n) is 2.33. The van der Waals surface area contributed by atoms with Crippen LogP contribution in [0.5, 0.6) is 0 Å². The summed E-state index contributed by atoms with van der Waals surface area (Å²) in [6.07, 6.45) is 0. The fraction of sp³-hybridized carbons (Fsp3) is 0.333. The van der Waals surface area contributed by atoms with E-state index in [0.29, 0.717) is 11.1 Å². The lowest BCUT2D eigenvalue weighted by Crippen LogP contribution is -2.03. The van der Waals surface area contributed by atoms with Gasteiger partial charge in [-0.1, -0.05) is 6.07 Å². The molecule has 1 saturated heterocycles. The zero-order chi connectivity index (χ0) is 10.3. The van der Waals surface area contributed by atoms with E-state index in [1.165, 1.54) is 0 Å². The van der Waals surface area contributed by atoms with Crippen LogP contribution in [-0.2, 0) is 10.3 Å². The van der Waals surface area contributed by atoms with Crippen LogP contribution in [0.1, 0.15) is 12.5 Å². The third-order valence-corrected chi connectivity index (χ3v) is 3.00. The summed E-state index contributed by atoms with van der Waals surface area (Å²) in [4.78, 5) is 10.3. The molecule has 0 spiro atoms. The number of epoxide rings is 1. The summed E-state index contributed by atoms with van der Waals surface area (Å²) in [5, 5.41) is 10.7. The first-order valence-electron chi connectivity index (χ1n) is 4.11. The number of halogens is 1. The highest BCUT2D eigenvalue weighted by molar-refractivity contribution is 9.10. The SMILES string of the molecule is CC1(c2ccc(Br)c([N+](=O)[O-])c2)CO1. The first-order chi connectivity index (χ1) is 6.53. The molecule has 2 rings (SSSR count). The molecule has 4 nitrogen and oxygen atoms in total. The summed E-state index contributed by atoms with van der Waals surface area (Å²) in [7, 11) is 0. The summed E-state index contributed by atoms with van der Waals surface area (Å²) in [6, 6.07) is 5.07. The van der Waals surface area contributed by atoms with Crippen molar-refractivity contribution in [2.75, 3.05) is 6.61 Å². The lowest BCUT2D eigenvalue weighted by molar-refractivity contribution is -0.385. The zero-order valence-electron chi connectivity index (χ0n) is 7.49. The van der Waals surface area contributed by atoms with E-state index in [-0.39, 0.29) is 11.3 Å². The highest BCUT2D eigenvalue weighted by atomic mass is 79.9. The Kier molecular flexibility index (Phi) is 2.08. The quantitative estimate of drug-likeness (QED) is 0.465. The van der Waals surface area contributed by atoms with Gasteiger partial charge in [-0.05, 0) is 34.5 Å². The first-order valence-corrected chi connectivity index (χ1v) is 4.91. The molecule has 74 valence electrons. The van der Waals surface area contributed by atoms with Crippen LogP contribution < -0.4 is 0 Å². The van der Waals surface area contributed by atoms with Gasteiger partial charge in [0.05, 0.1) is 16.0 Å². The number of hydrogen-bond donors (Lipinski definition) is 0. The van der Waals surface area contributed by atoms with E-state index in [4.69, 9.17) is 4.74 Å². The average Bonchev–Trinajstić information content (AvgIpc) is 2.85. The Morgan fingerprint density at radius 1 is 1.64 bits per heavy atom. The number of ether oxygens (including phenoxy) is 1. The minimum Gasteiger partial charge on any atom is -0.365 e. The molecule has 14 heavy (non-hydrogen) atoms. The van der Waals surface area contributed by atoms with E-state index in [2.05, 4.69) is 15.9 Å². The maximum Gasteiger partial charge on any atom is 0.283 e. The molecular weight excluding hydrogens is 250 g/mol. The molecule has 0 aliphatic carbocycles. The second-order valence-electron chi connectivity index (χ2n) is 3.44.